The Morgan fingerprint density at radius 2 is 1.16 bits per heavy atom. The highest BCUT2D eigenvalue weighted by molar-refractivity contribution is 5.80. The number of hydrogen-bond donors (Lipinski definition) is 0. The molecule has 2 aliphatic rings. The van der Waals surface area contributed by atoms with Gasteiger partial charge >= 0.3 is 5.79 Å². The predicted molar refractivity (Wildman–Crippen MR) is 168 cm³/mol. The molecule has 4 aromatic carbocycles. The molecule has 0 amide bonds. The Labute approximate surface area is 256 Å². The Kier molecular flexibility index (Phi) is 7.74. The molecule has 6 rings (SSSR count). The van der Waals surface area contributed by atoms with Gasteiger partial charge in [-0.3, -0.25) is 0 Å². The first-order valence-electron chi connectivity index (χ1n) is 14.1. The van der Waals surface area contributed by atoms with Gasteiger partial charge in [0.1, 0.15) is 11.5 Å². The van der Waals surface area contributed by atoms with Crippen LogP contribution in [0.3, 0.4) is 0 Å². The van der Waals surface area contributed by atoms with Crippen molar-refractivity contribution in [2.45, 2.75) is 11.7 Å². The summed E-state index contributed by atoms with van der Waals surface area (Å²) in [5.74, 6) is 1.87. The molecule has 8 nitrogen and oxygen atoms in total. The van der Waals surface area contributed by atoms with E-state index in [1.807, 2.05) is 72.8 Å². The maximum Gasteiger partial charge on any atom is 0.302 e. The minimum Gasteiger partial charge on any atom is -0.496 e. The topological polar surface area (TPSA) is 73.8 Å². The van der Waals surface area contributed by atoms with Gasteiger partial charge in [-0.25, -0.2) is 0 Å². The van der Waals surface area contributed by atoms with E-state index in [0.29, 0.717) is 51.6 Å². The van der Waals surface area contributed by atoms with Crippen molar-refractivity contribution in [3.8, 4) is 46.0 Å². The van der Waals surface area contributed by atoms with Crippen molar-refractivity contribution in [2.75, 3.05) is 42.7 Å². The molecule has 2 unspecified atom stereocenters. The summed E-state index contributed by atoms with van der Waals surface area (Å²) in [4.78, 5) is 0. The second-order valence-corrected chi connectivity index (χ2v) is 10.1. The van der Waals surface area contributed by atoms with E-state index in [2.05, 4.69) is 12.2 Å². The van der Waals surface area contributed by atoms with Gasteiger partial charge in [-0.05, 0) is 11.6 Å². The summed E-state index contributed by atoms with van der Waals surface area (Å²) >= 11 is 0. The molecule has 0 bridgehead atoms. The fourth-order valence-corrected chi connectivity index (χ4v) is 5.92. The minimum atomic E-state index is -1.46. The van der Waals surface area contributed by atoms with Gasteiger partial charge in [0, 0.05) is 29.2 Å². The van der Waals surface area contributed by atoms with Gasteiger partial charge < -0.3 is 37.9 Å². The predicted octanol–water partition coefficient (Wildman–Crippen LogP) is 7.26. The van der Waals surface area contributed by atoms with Crippen LogP contribution in [-0.2, 0) is 5.79 Å². The Balaban J connectivity index is 1.74. The Morgan fingerprint density at radius 1 is 0.614 bits per heavy atom. The molecule has 0 spiro atoms. The van der Waals surface area contributed by atoms with E-state index >= 15 is 0 Å². The zero-order chi connectivity index (χ0) is 30.8. The van der Waals surface area contributed by atoms with Crippen LogP contribution < -0.4 is 37.9 Å². The highest BCUT2D eigenvalue weighted by Crippen LogP contribution is 2.62. The zero-order valence-electron chi connectivity index (χ0n) is 25.5. The quantitative estimate of drug-likeness (QED) is 0.201. The van der Waals surface area contributed by atoms with Crippen LogP contribution >= 0.6 is 0 Å². The standard InChI is InChI=1S/C36H34O8/c1-37-27-20-29(39-3)33(41-5)32-25(27)19-26-24(18-17-22-13-9-7-10-14-22)31-28(38-2)21-30(40-4)34(42-6)35(31)44-36(26,43-32)23-15-11-8-12-16-23/h7-21,24H,1-6H3. The maximum absolute atomic E-state index is 7.06. The molecule has 226 valence electrons. The highest BCUT2D eigenvalue weighted by Gasteiger charge is 2.54. The monoisotopic (exact) mass is 594 g/mol. The molecule has 0 fully saturated rings. The van der Waals surface area contributed by atoms with Crippen molar-refractivity contribution in [3.63, 3.8) is 0 Å². The molecule has 8 heteroatoms. The van der Waals surface area contributed by atoms with Crippen molar-refractivity contribution in [1.29, 1.82) is 0 Å². The molecular weight excluding hydrogens is 560 g/mol. The van der Waals surface area contributed by atoms with E-state index in [0.717, 1.165) is 22.3 Å². The molecule has 2 atom stereocenters. The van der Waals surface area contributed by atoms with E-state index in [4.69, 9.17) is 37.9 Å². The molecule has 2 heterocycles. The molecule has 0 saturated carbocycles. The van der Waals surface area contributed by atoms with Crippen LogP contribution in [0.2, 0.25) is 0 Å². The van der Waals surface area contributed by atoms with Gasteiger partial charge in [-0.1, -0.05) is 72.8 Å². The van der Waals surface area contributed by atoms with Gasteiger partial charge in [0.25, 0.3) is 0 Å². The molecule has 0 radical (unpaired) electrons. The number of benzene rings is 4. The number of ether oxygens (including phenoxy) is 8. The Morgan fingerprint density at radius 3 is 1.75 bits per heavy atom. The molecule has 0 N–H and O–H groups in total. The lowest BCUT2D eigenvalue weighted by molar-refractivity contribution is -0.102. The second kappa shape index (κ2) is 11.8. The van der Waals surface area contributed by atoms with Crippen molar-refractivity contribution in [1.82, 2.24) is 0 Å². The summed E-state index contributed by atoms with van der Waals surface area (Å²) in [6.45, 7) is 0. The molecule has 4 aromatic rings. The number of fused-ring (bicyclic) bond motifs is 3. The van der Waals surface area contributed by atoms with Crippen molar-refractivity contribution in [2.24, 2.45) is 0 Å². The Bertz CT molecular complexity index is 1730. The van der Waals surface area contributed by atoms with E-state index in [9.17, 15) is 0 Å². The summed E-state index contributed by atoms with van der Waals surface area (Å²) < 4.78 is 49.1. The summed E-state index contributed by atoms with van der Waals surface area (Å²) in [5.41, 5.74) is 4.05. The van der Waals surface area contributed by atoms with E-state index in [-0.39, 0.29) is 0 Å². The van der Waals surface area contributed by atoms with Crippen molar-refractivity contribution < 1.29 is 37.9 Å². The molecule has 44 heavy (non-hydrogen) atoms. The first kappa shape index (κ1) is 28.9. The van der Waals surface area contributed by atoms with Gasteiger partial charge in [-0.2, -0.15) is 0 Å². The van der Waals surface area contributed by atoms with Crippen LogP contribution in [0.5, 0.6) is 46.0 Å². The van der Waals surface area contributed by atoms with E-state index in [1.54, 1.807) is 48.7 Å². The summed E-state index contributed by atoms with van der Waals surface area (Å²) in [5, 5.41) is 0. The number of allylic oxidation sites excluding steroid dienone is 1. The van der Waals surface area contributed by atoms with Crippen LogP contribution in [-0.4, -0.2) is 42.7 Å². The fourth-order valence-electron chi connectivity index (χ4n) is 5.92. The van der Waals surface area contributed by atoms with Gasteiger partial charge in [-0.15, -0.1) is 0 Å². The first-order valence-corrected chi connectivity index (χ1v) is 14.1. The van der Waals surface area contributed by atoms with Crippen molar-refractivity contribution >= 4 is 12.2 Å². The van der Waals surface area contributed by atoms with Crippen LogP contribution in [0.15, 0.2) is 84.4 Å². The Hall–Kier alpha value is -5.24. The third-order valence-electron chi connectivity index (χ3n) is 7.94. The summed E-state index contributed by atoms with van der Waals surface area (Å²) in [7, 11) is 9.54. The first-order chi connectivity index (χ1) is 21.5. The van der Waals surface area contributed by atoms with Crippen LogP contribution in [0.4, 0.5) is 0 Å². The van der Waals surface area contributed by atoms with Crippen LogP contribution in [0.1, 0.15) is 28.2 Å². The van der Waals surface area contributed by atoms with E-state index in [1.165, 1.54) is 0 Å². The SMILES string of the molecule is COc1cc(OC)c(OC)c2c1C=C1C(C=Cc3ccccc3)c3c(OC)cc(OC)c(OC)c3OC1(c1ccccc1)O2. The van der Waals surface area contributed by atoms with Gasteiger partial charge in [0.05, 0.1) is 53.8 Å². The summed E-state index contributed by atoms with van der Waals surface area (Å²) in [6, 6.07) is 23.5. The average Bonchev–Trinajstić information content (AvgIpc) is 3.08. The van der Waals surface area contributed by atoms with Gasteiger partial charge in [0.2, 0.25) is 11.5 Å². The third-order valence-corrected chi connectivity index (χ3v) is 7.94. The van der Waals surface area contributed by atoms with Crippen LogP contribution in [0.25, 0.3) is 12.2 Å². The zero-order valence-corrected chi connectivity index (χ0v) is 25.5. The largest absolute Gasteiger partial charge is 0.496 e. The van der Waals surface area contributed by atoms with E-state index < -0.39 is 11.7 Å². The number of hydrogen-bond acceptors (Lipinski definition) is 8. The minimum absolute atomic E-state index is 0.403. The van der Waals surface area contributed by atoms with Crippen LogP contribution in [0, 0.1) is 0 Å². The lowest BCUT2D eigenvalue weighted by Crippen LogP contribution is -2.47. The molecule has 2 aliphatic heterocycles. The van der Waals surface area contributed by atoms with Crippen molar-refractivity contribution in [3.05, 3.63) is 107 Å². The fraction of sp³-hybridized carbons (Fsp3) is 0.222. The second-order valence-electron chi connectivity index (χ2n) is 10.1. The molecule has 0 aliphatic carbocycles. The third kappa shape index (κ3) is 4.54. The smallest absolute Gasteiger partial charge is 0.302 e. The lowest BCUT2D eigenvalue weighted by Gasteiger charge is -2.46. The number of rotatable bonds is 9. The average molecular weight is 595 g/mol. The lowest BCUT2D eigenvalue weighted by atomic mass is 9.77. The molecular formula is C36H34O8. The summed E-state index contributed by atoms with van der Waals surface area (Å²) in [6.07, 6.45) is 6.25. The number of methoxy groups -OCH3 is 6. The normalized spacial score (nSPS) is 18.0. The maximum atomic E-state index is 7.06. The van der Waals surface area contributed by atoms with Gasteiger partial charge in [0.15, 0.2) is 23.0 Å². The highest BCUT2D eigenvalue weighted by atomic mass is 16.7. The molecule has 0 saturated heterocycles. The molecule has 0 aromatic heterocycles.